The summed E-state index contributed by atoms with van der Waals surface area (Å²) in [6.45, 7) is 0. The van der Waals surface area contributed by atoms with E-state index in [1.807, 2.05) is 0 Å². The summed E-state index contributed by atoms with van der Waals surface area (Å²) in [5, 5.41) is 0.957. The van der Waals surface area contributed by atoms with Gasteiger partial charge >= 0.3 is 0 Å². The molecule has 0 bridgehead atoms. The quantitative estimate of drug-likeness (QED) is 0.241. The van der Waals surface area contributed by atoms with Crippen molar-refractivity contribution in [2.24, 2.45) is 5.84 Å². The van der Waals surface area contributed by atoms with E-state index in [2.05, 4.69) is 51.3 Å². The second kappa shape index (κ2) is 4.12. The Balaban J connectivity index is 3.46. The van der Waals surface area contributed by atoms with Crippen molar-refractivity contribution in [3.05, 3.63) is 0 Å². The predicted molar refractivity (Wildman–Crippen MR) is 45.6 cm³/mol. The number of rotatable bonds is 2. The fraction of sp³-hybridized carbons (Fsp3) is 0. The molecule has 0 aliphatic carbocycles. The van der Waals surface area contributed by atoms with E-state index in [9.17, 15) is 0 Å². The van der Waals surface area contributed by atoms with Crippen LogP contribution in [0, 0.1) is 0 Å². The first-order valence-corrected chi connectivity index (χ1v) is 3.06. The van der Waals surface area contributed by atoms with Crippen molar-refractivity contribution < 1.29 is 0 Å². The maximum Gasteiger partial charge on any atom is -0.0651 e. The SMILES string of the molecule is NN(N(S)S)N(S)S. The van der Waals surface area contributed by atoms with Crippen LogP contribution in [0.25, 0.3) is 0 Å². The Kier molecular flexibility index (Phi) is 4.76. The van der Waals surface area contributed by atoms with Crippen molar-refractivity contribution in [3.8, 4) is 0 Å². The van der Waals surface area contributed by atoms with Gasteiger partial charge in [-0.1, -0.05) is 56.5 Å². The summed E-state index contributed by atoms with van der Waals surface area (Å²) in [5.74, 6) is 5.14. The van der Waals surface area contributed by atoms with E-state index in [0.29, 0.717) is 0 Å². The van der Waals surface area contributed by atoms with Gasteiger partial charge in [0, 0.05) is 0 Å². The van der Waals surface area contributed by atoms with Crippen molar-refractivity contribution in [1.29, 1.82) is 0 Å². The zero-order valence-electron chi connectivity index (χ0n) is 3.71. The Bertz CT molecular complexity index is 53.1. The molecule has 0 aliphatic rings. The van der Waals surface area contributed by atoms with Gasteiger partial charge in [-0.2, -0.15) is 0 Å². The highest BCUT2D eigenvalue weighted by atomic mass is 32.2. The lowest BCUT2D eigenvalue weighted by Gasteiger charge is -2.23. The van der Waals surface area contributed by atoms with Gasteiger partial charge < -0.3 is 0 Å². The molecular weight excluding hydrogens is 184 g/mol. The molecule has 0 fully saturated rings. The van der Waals surface area contributed by atoms with Crippen LogP contribution >= 0.6 is 51.3 Å². The summed E-state index contributed by atoms with van der Waals surface area (Å²) in [6.07, 6.45) is 0. The molecule has 0 aromatic heterocycles. The molecule has 0 radical (unpaired) electrons. The van der Waals surface area contributed by atoms with Gasteiger partial charge in [0.25, 0.3) is 0 Å². The molecule has 8 heteroatoms. The third-order valence-corrected chi connectivity index (χ3v) is 1.10. The van der Waals surface area contributed by atoms with Crippen LogP contribution in [0.4, 0.5) is 0 Å². The molecule has 50 valence electrons. The molecule has 0 aromatic rings. The normalized spacial score (nSPS) is 12.0. The fourth-order valence-corrected chi connectivity index (χ4v) is 0.644. The fourth-order valence-electron chi connectivity index (χ4n) is 0.0716. The van der Waals surface area contributed by atoms with Crippen molar-refractivity contribution >= 4 is 51.3 Å². The highest BCUT2D eigenvalue weighted by Gasteiger charge is 2.05. The average molecular weight is 190 g/mol. The van der Waals surface area contributed by atoms with Crippen molar-refractivity contribution in [2.45, 2.75) is 0 Å². The number of nitrogens with two attached hydrogens (primary N) is 1. The van der Waals surface area contributed by atoms with Crippen LogP contribution in [-0.2, 0) is 0 Å². The van der Waals surface area contributed by atoms with Gasteiger partial charge in [0.05, 0.1) is 0 Å². The zero-order chi connectivity index (χ0) is 6.73. The van der Waals surface area contributed by atoms with E-state index in [4.69, 9.17) is 5.84 Å². The topological polar surface area (TPSA) is 35.7 Å². The molecule has 0 saturated heterocycles. The molecule has 0 amide bonds. The Morgan fingerprint density at radius 3 is 1.12 bits per heavy atom. The minimum Gasteiger partial charge on any atom is -0.237 e. The molecule has 0 rings (SSSR count). The van der Waals surface area contributed by atoms with Crippen molar-refractivity contribution in [1.82, 2.24) is 12.9 Å². The third kappa shape index (κ3) is 3.30. The molecule has 0 saturated carbocycles. The third-order valence-electron chi connectivity index (χ3n) is 0.367. The molecule has 2 N–H and O–H groups in total. The van der Waals surface area contributed by atoms with E-state index in [0.717, 1.165) is 12.9 Å². The number of hydrogen-bond donors (Lipinski definition) is 5. The molecule has 0 spiro atoms. The minimum atomic E-state index is 0.957. The van der Waals surface area contributed by atoms with Gasteiger partial charge in [0.2, 0.25) is 0 Å². The summed E-state index contributed by atoms with van der Waals surface area (Å²) in [5.41, 5.74) is 0. The Morgan fingerprint density at radius 2 is 1.12 bits per heavy atom. The molecule has 0 heterocycles. The second-order valence-corrected chi connectivity index (χ2v) is 3.00. The molecule has 8 heavy (non-hydrogen) atoms. The number of thiol groups is 4. The summed E-state index contributed by atoms with van der Waals surface area (Å²) < 4.78 is 2.03. The molecule has 0 unspecified atom stereocenters. The number of hydrazine groups is 3. The standard InChI is InChI=1S/H6N4S4/c1-2(3(5)6)4(7)8/h5-8H,1H2. The minimum absolute atomic E-state index is 0.957. The first kappa shape index (κ1) is 9.24. The molecular formula is H6N4S4. The maximum atomic E-state index is 5.14. The van der Waals surface area contributed by atoms with Crippen LogP contribution in [0.5, 0.6) is 0 Å². The van der Waals surface area contributed by atoms with E-state index in [1.54, 1.807) is 0 Å². The van der Waals surface area contributed by atoms with Gasteiger partial charge in [-0.15, -0.1) is 7.64 Å². The van der Waals surface area contributed by atoms with E-state index < -0.39 is 0 Å². The monoisotopic (exact) mass is 190 g/mol. The summed E-state index contributed by atoms with van der Waals surface area (Å²) in [6, 6.07) is 0. The van der Waals surface area contributed by atoms with Crippen LogP contribution in [0.3, 0.4) is 0 Å². The maximum absolute atomic E-state index is 5.14. The van der Waals surface area contributed by atoms with Crippen LogP contribution in [0.15, 0.2) is 0 Å². The van der Waals surface area contributed by atoms with Gasteiger partial charge in [-0.3, -0.25) is 0 Å². The number of hydrogen-bond acceptors (Lipinski definition) is 8. The molecule has 0 aliphatic heterocycles. The molecule has 0 atom stereocenters. The summed E-state index contributed by atoms with van der Waals surface area (Å²) in [7, 11) is 0. The van der Waals surface area contributed by atoms with Crippen LogP contribution in [0.2, 0.25) is 0 Å². The number of nitrogens with zero attached hydrogens (tertiary/aromatic N) is 3. The Morgan fingerprint density at radius 1 is 0.875 bits per heavy atom. The van der Waals surface area contributed by atoms with Crippen molar-refractivity contribution in [3.63, 3.8) is 0 Å². The summed E-state index contributed by atoms with van der Waals surface area (Å²) in [4.78, 5) is 0. The first-order valence-electron chi connectivity index (χ1n) is 1.46. The Hall–Kier alpha value is 1.24. The average Bonchev–Trinajstić information content (AvgIpc) is 1.64. The van der Waals surface area contributed by atoms with Crippen LogP contribution in [0.1, 0.15) is 0 Å². The lowest BCUT2D eigenvalue weighted by Crippen LogP contribution is -2.42. The van der Waals surface area contributed by atoms with Crippen LogP contribution < -0.4 is 5.84 Å². The van der Waals surface area contributed by atoms with Gasteiger partial charge in [-0.05, 0) is 0 Å². The van der Waals surface area contributed by atoms with E-state index in [-0.39, 0.29) is 0 Å². The Labute approximate surface area is 70.1 Å². The highest BCUT2D eigenvalue weighted by Crippen LogP contribution is 2.07. The second-order valence-electron chi connectivity index (χ2n) is 0.857. The van der Waals surface area contributed by atoms with Crippen molar-refractivity contribution in [2.75, 3.05) is 0 Å². The molecule has 0 aromatic carbocycles. The largest absolute Gasteiger partial charge is 0.237 e. The lowest BCUT2D eigenvalue weighted by molar-refractivity contribution is 0.0626. The van der Waals surface area contributed by atoms with E-state index in [1.165, 1.54) is 0 Å². The van der Waals surface area contributed by atoms with Gasteiger partial charge in [-0.25, -0.2) is 5.84 Å². The van der Waals surface area contributed by atoms with Gasteiger partial charge in [0.1, 0.15) is 0 Å². The summed E-state index contributed by atoms with van der Waals surface area (Å²) >= 11 is 14.8. The zero-order valence-corrected chi connectivity index (χ0v) is 7.29. The molecule has 4 nitrogen and oxygen atoms in total. The van der Waals surface area contributed by atoms with Gasteiger partial charge in [0.15, 0.2) is 0 Å². The smallest absolute Gasteiger partial charge is 0.0651 e. The van der Waals surface area contributed by atoms with Crippen LogP contribution in [-0.4, -0.2) is 12.9 Å². The predicted octanol–water partition coefficient (Wildman–Crippen LogP) is -0.0247. The lowest BCUT2D eigenvalue weighted by atomic mass is 12.2. The highest BCUT2D eigenvalue weighted by molar-refractivity contribution is 7.94. The van der Waals surface area contributed by atoms with E-state index >= 15 is 0 Å². The first-order chi connectivity index (χ1) is 3.55.